The summed E-state index contributed by atoms with van der Waals surface area (Å²) in [7, 11) is 0. The van der Waals surface area contributed by atoms with Crippen molar-refractivity contribution in [2.75, 3.05) is 0 Å². The Morgan fingerprint density at radius 3 is 1.55 bits per heavy atom. The number of rotatable bonds is 2. The Kier molecular flexibility index (Phi) is 7.38. The Hall–Kier alpha value is -1.05. The first-order valence-corrected chi connectivity index (χ1v) is 7.27. The highest BCUT2D eigenvalue weighted by Gasteiger charge is 2.12. The van der Waals surface area contributed by atoms with E-state index < -0.39 is 6.10 Å². The van der Waals surface area contributed by atoms with Crippen LogP contribution in [0.5, 0.6) is 0 Å². The first-order valence-electron chi connectivity index (χ1n) is 5.76. The molecule has 1 N–H and O–H groups in total. The van der Waals surface area contributed by atoms with Crippen LogP contribution in [0.15, 0.2) is 12.7 Å². The lowest BCUT2D eigenvalue weighted by molar-refractivity contribution is 0.101. The van der Waals surface area contributed by atoms with Crippen LogP contribution in [0.3, 0.4) is 0 Å². The van der Waals surface area contributed by atoms with E-state index in [0.29, 0.717) is 5.56 Å². The Bertz CT molecular complexity index is 642. The molecular formula is C12H10Cl4N4O2. The smallest absolute Gasteiger partial charge is 0.166 e. The fourth-order valence-electron chi connectivity index (χ4n) is 1.33. The number of aliphatic hydroxyl groups excluding tert-OH is 1. The first kappa shape index (κ1) is 19.0. The summed E-state index contributed by atoms with van der Waals surface area (Å²) in [4.78, 5) is 25.4. The molecule has 2 aromatic rings. The molecule has 0 saturated carbocycles. The predicted octanol–water partition coefficient (Wildman–Crippen LogP) is 3.82. The van der Waals surface area contributed by atoms with E-state index in [1.807, 2.05) is 0 Å². The molecule has 0 saturated heterocycles. The molecule has 1 atom stereocenters. The van der Waals surface area contributed by atoms with E-state index in [1.54, 1.807) is 6.92 Å². The lowest BCUT2D eigenvalue weighted by Gasteiger charge is -2.06. The van der Waals surface area contributed by atoms with Crippen LogP contribution in [0.2, 0.25) is 20.6 Å². The first-order chi connectivity index (χ1) is 10.3. The van der Waals surface area contributed by atoms with Gasteiger partial charge >= 0.3 is 0 Å². The van der Waals surface area contributed by atoms with Gasteiger partial charge in [-0.3, -0.25) is 4.79 Å². The van der Waals surface area contributed by atoms with Crippen LogP contribution >= 0.6 is 46.4 Å². The average Bonchev–Trinajstić information content (AvgIpc) is 2.38. The van der Waals surface area contributed by atoms with Gasteiger partial charge in [0.2, 0.25) is 0 Å². The minimum atomic E-state index is -0.740. The van der Waals surface area contributed by atoms with Crippen molar-refractivity contribution >= 4 is 52.2 Å². The van der Waals surface area contributed by atoms with Crippen molar-refractivity contribution in [1.82, 2.24) is 19.9 Å². The molecule has 0 spiro atoms. The second-order valence-corrected chi connectivity index (χ2v) is 5.36. The summed E-state index contributed by atoms with van der Waals surface area (Å²) in [6, 6.07) is 0. The van der Waals surface area contributed by atoms with Gasteiger partial charge in [-0.25, -0.2) is 19.9 Å². The zero-order valence-electron chi connectivity index (χ0n) is 11.4. The predicted molar refractivity (Wildman–Crippen MR) is 84.7 cm³/mol. The number of carbonyl (C=O) groups is 1. The van der Waals surface area contributed by atoms with Gasteiger partial charge in [-0.1, -0.05) is 46.4 Å². The summed E-state index contributed by atoms with van der Waals surface area (Å²) in [5.41, 5.74) is 0.548. The van der Waals surface area contributed by atoms with Gasteiger partial charge in [-0.15, -0.1) is 0 Å². The molecular weight excluding hydrogens is 374 g/mol. The van der Waals surface area contributed by atoms with E-state index in [1.165, 1.54) is 19.6 Å². The Morgan fingerprint density at radius 2 is 1.32 bits per heavy atom. The molecule has 10 heteroatoms. The normalized spacial score (nSPS) is 11.4. The number of aliphatic hydroxyl groups is 1. The van der Waals surface area contributed by atoms with E-state index in [4.69, 9.17) is 51.5 Å². The number of aromatic nitrogens is 4. The Labute approximate surface area is 146 Å². The van der Waals surface area contributed by atoms with Crippen molar-refractivity contribution < 1.29 is 9.90 Å². The molecule has 0 bridgehead atoms. The SMILES string of the molecule is CC(=O)c1c(Cl)ncnc1Cl.CC(O)c1c(Cl)ncnc1Cl. The summed E-state index contributed by atoms with van der Waals surface area (Å²) < 4.78 is 0. The highest BCUT2D eigenvalue weighted by Crippen LogP contribution is 2.25. The molecule has 2 aromatic heterocycles. The molecule has 0 aliphatic heterocycles. The molecule has 0 aliphatic carbocycles. The van der Waals surface area contributed by atoms with Crippen molar-refractivity contribution in [2.45, 2.75) is 20.0 Å². The quantitative estimate of drug-likeness (QED) is 0.626. The maximum Gasteiger partial charge on any atom is 0.166 e. The van der Waals surface area contributed by atoms with Gasteiger partial charge in [0, 0.05) is 0 Å². The fraction of sp³-hybridized carbons (Fsp3) is 0.250. The maximum atomic E-state index is 10.8. The van der Waals surface area contributed by atoms with Gasteiger partial charge in [-0.05, 0) is 13.8 Å². The second kappa shape index (κ2) is 8.55. The van der Waals surface area contributed by atoms with Crippen molar-refractivity contribution in [3.8, 4) is 0 Å². The number of carbonyl (C=O) groups excluding carboxylic acids is 1. The summed E-state index contributed by atoms with van der Waals surface area (Å²) >= 11 is 22.4. The molecule has 0 fully saturated rings. The van der Waals surface area contributed by atoms with Crippen molar-refractivity contribution in [1.29, 1.82) is 0 Å². The van der Waals surface area contributed by atoms with E-state index in [2.05, 4.69) is 19.9 Å². The van der Waals surface area contributed by atoms with Crippen LogP contribution in [0.25, 0.3) is 0 Å². The van der Waals surface area contributed by atoms with E-state index >= 15 is 0 Å². The summed E-state index contributed by atoms with van der Waals surface area (Å²) in [5, 5.41) is 9.72. The van der Waals surface area contributed by atoms with Gasteiger partial charge in [0.25, 0.3) is 0 Å². The molecule has 0 aromatic carbocycles. The van der Waals surface area contributed by atoms with Crippen LogP contribution in [-0.4, -0.2) is 30.8 Å². The zero-order valence-corrected chi connectivity index (χ0v) is 14.4. The molecule has 2 heterocycles. The summed E-state index contributed by atoms with van der Waals surface area (Å²) in [6.07, 6.45) is 1.71. The molecule has 1 unspecified atom stereocenters. The standard InChI is InChI=1S/C6H6Cl2N2O.C6H4Cl2N2O/c2*1-3(11)4-5(7)9-2-10-6(4)8/h2-3,11H,1H3;2H,1H3. The molecule has 0 aliphatic rings. The minimum absolute atomic E-state index is 0.0949. The number of halogens is 4. The van der Waals surface area contributed by atoms with E-state index in [0.717, 1.165) is 0 Å². The second-order valence-electron chi connectivity index (χ2n) is 3.93. The van der Waals surface area contributed by atoms with Gasteiger partial charge < -0.3 is 5.11 Å². The number of ketones is 1. The van der Waals surface area contributed by atoms with Crippen LogP contribution in [-0.2, 0) is 0 Å². The Morgan fingerprint density at radius 1 is 0.955 bits per heavy atom. The third-order valence-corrected chi connectivity index (χ3v) is 3.49. The molecule has 6 nitrogen and oxygen atoms in total. The van der Waals surface area contributed by atoms with Crippen LogP contribution < -0.4 is 0 Å². The van der Waals surface area contributed by atoms with Gasteiger partial charge in [0.15, 0.2) is 5.78 Å². The number of Topliss-reactive ketones (excluding diaryl/α,β-unsaturated/α-hetero) is 1. The van der Waals surface area contributed by atoms with Crippen LogP contribution in [0.1, 0.15) is 35.9 Å². The van der Waals surface area contributed by atoms with Crippen LogP contribution in [0.4, 0.5) is 0 Å². The molecule has 22 heavy (non-hydrogen) atoms. The third kappa shape index (κ3) is 5.00. The van der Waals surface area contributed by atoms with Crippen molar-refractivity contribution in [3.63, 3.8) is 0 Å². The Balaban J connectivity index is 0.000000220. The molecule has 118 valence electrons. The summed E-state index contributed by atoms with van der Waals surface area (Å²) in [6.45, 7) is 2.91. The van der Waals surface area contributed by atoms with Gasteiger partial charge in [-0.2, -0.15) is 0 Å². The lowest BCUT2D eigenvalue weighted by Crippen LogP contribution is -1.98. The summed E-state index contributed by atoms with van der Waals surface area (Å²) in [5.74, 6) is -0.236. The number of nitrogens with zero attached hydrogens (tertiary/aromatic N) is 4. The van der Waals surface area contributed by atoms with E-state index in [9.17, 15) is 4.79 Å². The largest absolute Gasteiger partial charge is 0.388 e. The van der Waals surface area contributed by atoms with Crippen molar-refractivity contribution in [2.24, 2.45) is 0 Å². The highest BCUT2D eigenvalue weighted by atomic mass is 35.5. The van der Waals surface area contributed by atoms with E-state index in [-0.39, 0.29) is 32.0 Å². The van der Waals surface area contributed by atoms with Gasteiger partial charge in [0.1, 0.15) is 33.3 Å². The van der Waals surface area contributed by atoms with Crippen molar-refractivity contribution in [3.05, 3.63) is 44.4 Å². The lowest BCUT2D eigenvalue weighted by atomic mass is 10.2. The van der Waals surface area contributed by atoms with Gasteiger partial charge in [0.05, 0.1) is 17.2 Å². The number of hydrogen-bond acceptors (Lipinski definition) is 6. The van der Waals surface area contributed by atoms with Crippen LogP contribution in [0, 0.1) is 0 Å². The third-order valence-electron chi connectivity index (χ3n) is 2.31. The highest BCUT2D eigenvalue weighted by molar-refractivity contribution is 6.38. The zero-order chi connectivity index (χ0) is 16.9. The monoisotopic (exact) mass is 382 g/mol. The average molecular weight is 384 g/mol. The molecule has 2 rings (SSSR count). The fourth-order valence-corrected chi connectivity index (χ4v) is 2.55. The molecule has 0 amide bonds. The number of hydrogen-bond donors (Lipinski definition) is 1. The molecule has 0 radical (unpaired) electrons. The minimum Gasteiger partial charge on any atom is -0.388 e. The topological polar surface area (TPSA) is 88.9 Å². The maximum absolute atomic E-state index is 10.8.